The molecule has 0 amide bonds. The zero-order chi connectivity index (χ0) is 26.7. The molecule has 0 radical (unpaired) electrons. The molecule has 0 heterocycles. The molecule has 0 saturated heterocycles. The second-order valence-electron chi connectivity index (χ2n) is 5.99. The van der Waals surface area contributed by atoms with Crippen LogP contribution in [0.5, 0.6) is 0 Å². The summed E-state index contributed by atoms with van der Waals surface area (Å²) >= 11 is 0. The molecule has 33 heavy (non-hydrogen) atoms. The summed E-state index contributed by atoms with van der Waals surface area (Å²) in [6, 6.07) is 0. The van der Waals surface area contributed by atoms with Gasteiger partial charge in [0.2, 0.25) is 11.6 Å². The summed E-state index contributed by atoms with van der Waals surface area (Å²) in [6.45, 7) is 9.69. The second kappa shape index (κ2) is 22.3. The summed E-state index contributed by atoms with van der Waals surface area (Å²) in [6.07, 6.45) is -12.7. The first kappa shape index (κ1) is 41.7. The van der Waals surface area contributed by atoms with Crippen molar-refractivity contribution in [3.05, 3.63) is 0 Å². The van der Waals surface area contributed by atoms with Gasteiger partial charge in [-0.05, 0) is 41.5 Å². The first-order valence-electron chi connectivity index (χ1n) is 9.09. The van der Waals surface area contributed by atoms with Gasteiger partial charge in [0, 0.05) is 33.9 Å². The fourth-order valence-corrected chi connectivity index (χ4v) is 0.887. The van der Waals surface area contributed by atoms with E-state index in [0.717, 1.165) is 0 Å². The Hall–Kier alpha value is -1.51. The van der Waals surface area contributed by atoms with E-state index in [1.807, 2.05) is 0 Å². The van der Waals surface area contributed by atoms with Gasteiger partial charge < -0.3 is 19.7 Å². The molecule has 196 valence electrons. The Kier molecular flexibility index (Phi) is 28.2. The molecule has 2 N–H and O–H groups in total. The minimum Gasteiger partial charge on any atom is -0.466 e. The molecule has 0 aliphatic carbocycles. The summed E-state index contributed by atoms with van der Waals surface area (Å²) in [5, 5.41) is 16.1. The van der Waals surface area contributed by atoms with Crippen molar-refractivity contribution in [1.82, 2.24) is 0 Å². The van der Waals surface area contributed by atoms with Crippen LogP contribution in [0.25, 0.3) is 0 Å². The van der Waals surface area contributed by atoms with E-state index < -0.39 is 48.7 Å². The largest absolute Gasteiger partial charge is 0.466 e. The van der Waals surface area contributed by atoms with Crippen molar-refractivity contribution in [2.24, 2.45) is 0 Å². The number of ketones is 2. The van der Waals surface area contributed by atoms with Crippen molar-refractivity contribution < 1.29 is 86.9 Å². The van der Waals surface area contributed by atoms with Gasteiger partial charge in [-0.2, -0.15) is 26.3 Å². The predicted molar refractivity (Wildman–Crippen MR) is 99.3 cm³/mol. The molecule has 15 heteroatoms. The summed E-state index contributed by atoms with van der Waals surface area (Å²) in [4.78, 5) is 41.0. The molecule has 0 aliphatic heterocycles. The fraction of sp³-hybridized carbons (Fsp3) is 0.778. The third kappa shape index (κ3) is 41.3. The molecule has 0 rings (SSSR count). The molecular weight excluding hydrogens is 506 g/mol. The molecule has 0 fully saturated rings. The van der Waals surface area contributed by atoms with Crippen LogP contribution in [0.2, 0.25) is 0 Å². The Balaban J connectivity index is -0.000000117. The van der Waals surface area contributed by atoms with E-state index in [4.69, 9.17) is 10.2 Å². The summed E-state index contributed by atoms with van der Waals surface area (Å²) in [5.41, 5.74) is 0. The molecule has 0 spiro atoms. The van der Waals surface area contributed by atoms with Crippen molar-refractivity contribution >= 4 is 23.5 Å². The molecule has 0 aliphatic rings. The number of halogens is 6. The third-order valence-corrected chi connectivity index (χ3v) is 1.85. The van der Waals surface area contributed by atoms with E-state index in [1.165, 1.54) is 13.8 Å². The molecule has 0 aromatic carbocycles. The Morgan fingerprint density at radius 3 is 0.970 bits per heavy atom. The van der Waals surface area contributed by atoms with Gasteiger partial charge in [0.05, 0.1) is 13.2 Å². The van der Waals surface area contributed by atoms with Crippen molar-refractivity contribution in [3.8, 4) is 0 Å². The van der Waals surface area contributed by atoms with Crippen molar-refractivity contribution in [2.45, 2.75) is 78.9 Å². The number of esters is 2. The van der Waals surface area contributed by atoms with Crippen LogP contribution < -0.4 is 0 Å². The molecular formula is C18H30F6O8Ti. The normalized spacial score (nSPS) is 10.2. The number of aliphatic hydroxyl groups excluding tert-OH is 2. The molecule has 0 atom stereocenters. The Bertz CT molecular complexity index is 496. The number of alkyl halides is 6. The monoisotopic (exact) mass is 536 g/mol. The van der Waals surface area contributed by atoms with E-state index in [9.17, 15) is 45.5 Å². The molecule has 0 unspecified atom stereocenters. The average Bonchev–Trinajstić information content (AvgIpc) is 2.52. The van der Waals surface area contributed by atoms with Gasteiger partial charge in [-0.1, -0.05) is 0 Å². The van der Waals surface area contributed by atoms with Crippen LogP contribution in [-0.2, 0) is 50.4 Å². The molecule has 0 aromatic rings. The van der Waals surface area contributed by atoms with E-state index >= 15 is 0 Å². The number of hydrogen-bond acceptors (Lipinski definition) is 8. The number of rotatable bonds is 6. The molecule has 0 bridgehead atoms. The van der Waals surface area contributed by atoms with Gasteiger partial charge in [-0.15, -0.1) is 0 Å². The van der Waals surface area contributed by atoms with E-state index in [0.29, 0.717) is 0 Å². The van der Waals surface area contributed by atoms with Crippen molar-refractivity contribution in [3.63, 3.8) is 0 Å². The van der Waals surface area contributed by atoms with E-state index in [2.05, 4.69) is 9.47 Å². The Labute approximate surface area is 202 Å². The van der Waals surface area contributed by atoms with E-state index in [-0.39, 0.29) is 47.1 Å². The fourth-order valence-electron chi connectivity index (χ4n) is 0.887. The summed E-state index contributed by atoms with van der Waals surface area (Å²) in [7, 11) is 0. The van der Waals surface area contributed by atoms with E-state index in [1.54, 1.807) is 27.7 Å². The van der Waals surface area contributed by atoms with Gasteiger partial charge in [0.15, 0.2) is 0 Å². The number of ether oxygens (including phenoxy) is 2. The molecule has 8 nitrogen and oxygen atoms in total. The first-order chi connectivity index (χ1) is 14.2. The van der Waals surface area contributed by atoms with Crippen LogP contribution >= 0.6 is 0 Å². The quantitative estimate of drug-likeness (QED) is 0.230. The maximum atomic E-state index is 11.5. The van der Waals surface area contributed by atoms with Crippen molar-refractivity contribution in [1.29, 1.82) is 0 Å². The standard InChI is InChI=1S/2C6H7F3O3.2C3H8O.Ti/c2*1-2-12-5(11)3-4(10)6(7,8)9;2*1-3(2)4;/h2*2-3H2,1H3;2*3-4H,1-2H3;. The third-order valence-electron chi connectivity index (χ3n) is 1.85. The zero-order valence-corrected chi connectivity index (χ0v) is 20.7. The van der Waals surface area contributed by atoms with Crippen LogP contribution in [0.4, 0.5) is 26.3 Å². The summed E-state index contributed by atoms with van der Waals surface area (Å²) in [5.74, 6) is -6.47. The van der Waals surface area contributed by atoms with Gasteiger partial charge in [-0.3, -0.25) is 19.2 Å². The van der Waals surface area contributed by atoms with Gasteiger partial charge in [0.25, 0.3) is 0 Å². The minimum absolute atomic E-state index is 0. The van der Waals surface area contributed by atoms with Crippen LogP contribution in [0.3, 0.4) is 0 Å². The van der Waals surface area contributed by atoms with Gasteiger partial charge in [0.1, 0.15) is 12.8 Å². The van der Waals surface area contributed by atoms with Crippen LogP contribution in [0.15, 0.2) is 0 Å². The Morgan fingerprint density at radius 1 is 0.667 bits per heavy atom. The smallest absolute Gasteiger partial charge is 0.450 e. The number of carbonyl (C=O) groups is 4. The predicted octanol–water partition coefficient (Wildman–Crippen LogP) is 2.91. The topological polar surface area (TPSA) is 127 Å². The Morgan fingerprint density at radius 2 is 0.848 bits per heavy atom. The number of Topliss-reactive ketones (excluding diaryl/α,β-unsaturated/α-hetero) is 2. The van der Waals surface area contributed by atoms with Crippen molar-refractivity contribution in [2.75, 3.05) is 13.2 Å². The maximum Gasteiger partial charge on any atom is 0.450 e. The van der Waals surface area contributed by atoms with Crippen LogP contribution in [0.1, 0.15) is 54.4 Å². The number of hydrogen-bond donors (Lipinski definition) is 2. The molecule has 0 aromatic heterocycles. The minimum atomic E-state index is -4.95. The first-order valence-corrected chi connectivity index (χ1v) is 9.09. The number of carbonyl (C=O) groups excluding carboxylic acids is 4. The average molecular weight is 536 g/mol. The van der Waals surface area contributed by atoms with Gasteiger partial charge in [-0.25, -0.2) is 0 Å². The SMILES string of the molecule is CC(C)O.CC(C)O.CCOC(=O)CC(=O)C(F)(F)F.CCOC(=O)CC(=O)C(F)(F)F.[Ti]. The zero-order valence-electron chi connectivity index (χ0n) is 19.1. The van der Waals surface area contributed by atoms with Crippen LogP contribution in [-0.4, -0.2) is 71.5 Å². The second-order valence-corrected chi connectivity index (χ2v) is 5.99. The summed E-state index contributed by atoms with van der Waals surface area (Å²) < 4.78 is 77.3. The molecule has 0 saturated carbocycles. The van der Waals surface area contributed by atoms with Crippen LogP contribution in [0, 0.1) is 0 Å². The number of aliphatic hydroxyl groups is 2. The maximum absolute atomic E-state index is 11.5. The van der Waals surface area contributed by atoms with Gasteiger partial charge >= 0.3 is 24.3 Å².